The quantitative estimate of drug-likeness (QED) is 0.450. The number of nitrogens with zero attached hydrogens (tertiary/aromatic N) is 3. The van der Waals surface area contributed by atoms with Gasteiger partial charge >= 0.3 is 5.97 Å². The van der Waals surface area contributed by atoms with Crippen molar-refractivity contribution < 1.29 is 19.5 Å². The zero-order chi connectivity index (χ0) is 15.1. The minimum atomic E-state index is -1.27. The number of carboxylic acid groups (broad SMARTS) is 1. The van der Waals surface area contributed by atoms with E-state index < -0.39 is 5.97 Å². The maximum atomic E-state index is 11.2. The number of amides is 1. The first-order valence-corrected chi connectivity index (χ1v) is 6.57. The van der Waals surface area contributed by atoms with Crippen LogP contribution in [0.3, 0.4) is 0 Å². The van der Waals surface area contributed by atoms with Gasteiger partial charge in [-0.3, -0.25) is 9.78 Å². The topological polar surface area (TPSA) is 114 Å². The van der Waals surface area contributed by atoms with Gasteiger partial charge in [-0.2, -0.15) is 0 Å². The molecule has 108 valence electrons. The number of hydrogen-bond acceptors (Lipinski definition) is 7. The number of aliphatic carboxylic acids is 1. The van der Waals surface area contributed by atoms with Crippen LogP contribution in [-0.4, -0.2) is 33.2 Å². The van der Waals surface area contributed by atoms with Crippen LogP contribution < -0.4 is 5.32 Å². The van der Waals surface area contributed by atoms with Crippen molar-refractivity contribution in [2.24, 2.45) is 5.16 Å². The monoisotopic (exact) mass is 306 g/mol. The molecule has 2 aromatic heterocycles. The van der Waals surface area contributed by atoms with Gasteiger partial charge in [0.15, 0.2) is 5.13 Å². The predicted octanol–water partition coefficient (Wildman–Crippen LogP) is 1.11. The molecule has 0 aliphatic heterocycles. The van der Waals surface area contributed by atoms with Gasteiger partial charge in [0.2, 0.25) is 12.1 Å². The number of carbonyl (C=O) groups excluding carboxylic acids is 1. The van der Waals surface area contributed by atoms with E-state index in [4.69, 9.17) is 9.94 Å². The number of anilines is 1. The van der Waals surface area contributed by atoms with E-state index in [1.54, 1.807) is 24.5 Å². The summed E-state index contributed by atoms with van der Waals surface area (Å²) < 4.78 is 0. The summed E-state index contributed by atoms with van der Waals surface area (Å²) in [5.74, 6) is -1.27. The van der Waals surface area contributed by atoms with Gasteiger partial charge in [-0.1, -0.05) is 5.16 Å². The number of carbonyl (C=O) groups is 2. The second kappa shape index (κ2) is 7.10. The van der Waals surface area contributed by atoms with Crippen LogP contribution in [0, 0.1) is 0 Å². The molecule has 8 nitrogen and oxygen atoms in total. The van der Waals surface area contributed by atoms with E-state index in [-0.39, 0.29) is 23.1 Å². The summed E-state index contributed by atoms with van der Waals surface area (Å²) in [6, 6.07) is 3.45. The predicted molar refractivity (Wildman–Crippen MR) is 75.0 cm³/mol. The summed E-state index contributed by atoms with van der Waals surface area (Å²) in [5.41, 5.74) is 0.589. The van der Waals surface area contributed by atoms with Crippen molar-refractivity contribution in [1.29, 1.82) is 0 Å². The summed E-state index contributed by atoms with van der Waals surface area (Å²) in [7, 11) is 0. The van der Waals surface area contributed by atoms with Crippen LogP contribution >= 0.6 is 11.3 Å². The van der Waals surface area contributed by atoms with Crippen molar-refractivity contribution >= 4 is 34.6 Å². The first-order chi connectivity index (χ1) is 10.2. The fraction of sp³-hybridized carbons (Fsp3) is 0.0833. The molecule has 2 N–H and O–H groups in total. The van der Waals surface area contributed by atoms with Gasteiger partial charge in [-0.05, 0) is 17.7 Å². The maximum absolute atomic E-state index is 11.2. The first kappa shape index (κ1) is 14.6. The van der Waals surface area contributed by atoms with Crippen molar-refractivity contribution in [3.8, 4) is 0 Å². The van der Waals surface area contributed by atoms with Crippen LogP contribution in [0.2, 0.25) is 0 Å². The molecule has 0 bridgehead atoms. The van der Waals surface area contributed by atoms with Crippen LogP contribution in [0.15, 0.2) is 35.1 Å². The molecule has 9 heteroatoms. The Morgan fingerprint density at radius 3 is 2.90 bits per heavy atom. The summed E-state index contributed by atoms with van der Waals surface area (Å²) >= 11 is 1.09. The molecule has 0 atom stereocenters. The van der Waals surface area contributed by atoms with E-state index in [9.17, 15) is 9.59 Å². The molecule has 21 heavy (non-hydrogen) atoms. The Hall–Kier alpha value is -2.81. The molecule has 0 aliphatic rings. The number of aromatic nitrogens is 2. The lowest BCUT2D eigenvalue weighted by molar-refractivity contribution is -0.129. The number of carboxylic acids is 1. The number of rotatable bonds is 7. The summed E-state index contributed by atoms with van der Waals surface area (Å²) in [6.07, 6.45) is 3.65. The van der Waals surface area contributed by atoms with Crippen molar-refractivity contribution in [2.45, 2.75) is 6.61 Å². The highest BCUT2D eigenvalue weighted by molar-refractivity contribution is 7.14. The second-order valence-electron chi connectivity index (χ2n) is 3.67. The highest BCUT2D eigenvalue weighted by Gasteiger charge is 2.17. The number of hydrogen-bond donors (Lipinski definition) is 2. The van der Waals surface area contributed by atoms with Crippen molar-refractivity contribution in [2.75, 3.05) is 5.32 Å². The highest BCUT2D eigenvalue weighted by atomic mass is 32.1. The third kappa shape index (κ3) is 4.08. The molecule has 0 aromatic carbocycles. The molecular formula is C12H10N4O4S. The average Bonchev–Trinajstić information content (AvgIpc) is 2.93. The molecule has 2 rings (SSSR count). The van der Waals surface area contributed by atoms with Gasteiger partial charge in [-0.25, -0.2) is 9.78 Å². The first-order valence-electron chi connectivity index (χ1n) is 5.69. The Bertz CT molecular complexity index is 656. The number of thiazole rings is 1. The fourth-order valence-electron chi connectivity index (χ4n) is 1.34. The zero-order valence-electron chi connectivity index (χ0n) is 10.6. The molecule has 1 amide bonds. The van der Waals surface area contributed by atoms with Gasteiger partial charge in [0.05, 0.1) is 0 Å². The Kier molecular flexibility index (Phi) is 4.94. The van der Waals surface area contributed by atoms with E-state index >= 15 is 0 Å². The van der Waals surface area contributed by atoms with Crippen LogP contribution in [-0.2, 0) is 21.0 Å². The third-order valence-electron chi connectivity index (χ3n) is 2.27. The lowest BCUT2D eigenvalue weighted by atomic mass is 10.3. The molecule has 0 aliphatic carbocycles. The molecule has 0 saturated carbocycles. The van der Waals surface area contributed by atoms with Gasteiger partial charge in [-0.15, -0.1) is 11.3 Å². The van der Waals surface area contributed by atoms with E-state index in [1.165, 1.54) is 5.38 Å². The normalized spacial score (nSPS) is 11.0. The Morgan fingerprint density at radius 1 is 1.48 bits per heavy atom. The maximum Gasteiger partial charge on any atom is 0.360 e. The van der Waals surface area contributed by atoms with E-state index in [2.05, 4.69) is 20.4 Å². The van der Waals surface area contributed by atoms with E-state index in [1.807, 2.05) is 0 Å². The SMILES string of the molecule is O=CNc1nc(C(=NOCc2ccncc2)C(=O)O)cs1. The summed E-state index contributed by atoms with van der Waals surface area (Å²) in [4.78, 5) is 34.3. The summed E-state index contributed by atoms with van der Waals surface area (Å²) in [6.45, 7) is 0.114. The molecule has 2 heterocycles. The number of oxime groups is 1. The van der Waals surface area contributed by atoms with E-state index in [0.717, 1.165) is 16.9 Å². The van der Waals surface area contributed by atoms with E-state index in [0.29, 0.717) is 6.41 Å². The molecule has 0 unspecified atom stereocenters. The van der Waals surface area contributed by atoms with Gasteiger partial charge in [0, 0.05) is 17.8 Å². The Morgan fingerprint density at radius 2 is 2.24 bits per heavy atom. The zero-order valence-corrected chi connectivity index (χ0v) is 11.4. The van der Waals surface area contributed by atoms with Crippen LogP contribution in [0.4, 0.5) is 5.13 Å². The lowest BCUT2D eigenvalue weighted by Gasteiger charge is -2.01. The van der Waals surface area contributed by atoms with Crippen molar-refractivity contribution in [3.05, 3.63) is 41.2 Å². The minimum absolute atomic E-state index is 0.114. The smallest absolute Gasteiger partial charge is 0.360 e. The molecule has 2 aromatic rings. The van der Waals surface area contributed by atoms with Gasteiger partial charge in [0.25, 0.3) is 0 Å². The van der Waals surface area contributed by atoms with Gasteiger partial charge in [0.1, 0.15) is 12.3 Å². The van der Waals surface area contributed by atoms with Crippen LogP contribution in [0.5, 0.6) is 0 Å². The van der Waals surface area contributed by atoms with Crippen molar-refractivity contribution in [1.82, 2.24) is 9.97 Å². The third-order valence-corrected chi connectivity index (χ3v) is 3.04. The lowest BCUT2D eigenvalue weighted by Crippen LogP contribution is -2.15. The molecular weight excluding hydrogens is 296 g/mol. The van der Waals surface area contributed by atoms with Gasteiger partial charge < -0.3 is 15.3 Å². The van der Waals surface area contributed by atoms with Crippen LogP contribution in [0.1, 0.15) is 11.3 Å². The molecule has 0 saturated heterocycles. The van der Waals surface area contributed by atoms with Crippen LogP contribution in [0.25, 0.3) is 0 Å². The molecule has 0 radical (unpaired) electrons. The Balaban J connectivity index is 2.08. The van der Waals surface area contributed by atoms with Crippen molar-refractivity contribution in [3.63, 3.8) is 0 Å². The number of pyridine rings is 1. The average molecular weight is 306 g/mol. The highest BCUT2D eigenvalue weighted by Crippen LogP contribution is 2.15. The fourth-order valence-corrected chi connectivity index (χ4v) is 2.00. The largest absolute Gasteiger partial charge is 0.476 e. The second-order valence-corrected chi connectivity index (χ2v) is 4.53. The Labute approximate surface area is 123 Å². The standard InChI is InChI=1S/C12H10N4O4S/c17-7-14-12-15-9(6-21-12)10(11(18)19)16-20-5-8-1-3-13-4-2-8/h1-4,6-7H,5H2,(H,18,19)(H,14,15,17). The minimum Gasteiger partial charge on any atom is -0.476 e. The molecule has 0 spiro atoms. The summed E-state index contributed by atoms with van der Waals surface area (Å²) in [5, 5.41) is 16.8. The number of nitrogens with one attached hydrogen (secondary N) is 1. The molecule has 0 fully saturated rings.